The largest absolute Gasteiger partial charge is 0.388 e. The smallest absolute Gasteiger partial charge is 0.0144 e. The molecule has 1 heterocycles. The van der Waals surface area contributed by atoms with E-state index < -0.39 is 0 Å². The van der Waals surface area contributed by atoms with Gasteiger partial charge in [-0.3, -0.25) is 0 Å². The highest BCUT2D eigenvalue weighted by Crippen LogP contribution is 2.25. The molecule has 1 aliphatic heterocycles. The zero-order chi connectivity index (χ0) is 7.52. The lowest BCUT2D eigenvalue weighted by Gasteiger charge is -2.18. The summed E-state index contributed by atoms with van der Waals surface area (Å²) in [5, 5.41) is 3.49. The molecule has 0 spiro atoms. The Kier molecular flexibility index (Phi) is 1.97. The van der Waals surface area contributed by atoms with Crippen molar-refractivity contribution >= 4 is 0 Å². The van der Waals surface area contributed by atoms with Crippen molar-refractivity contribution in [3.8, 4) is 0 Å². The van der Waals surface area contributed by atoms with Crippen LogP contribution >= 0.6 is 0 Å². The van der Waals surface area contributed by atoms with Crippen LogP contribution in [0.2, 0.25) is 0 Å². The molecule has 0 saturated carbocycles. The molecule has 0 aromatic heterocycles. The zero-order valence-corrected chi connectivity index (χ0v) is 6.84. The van der Waals surface area contributed by atoms with Gasteiger partial charge in [0.25, 0.3) is 0 Å². The van der Waals surface area contributed by atoms with Crippen molar-refractivity contribution in [3.05, 3.63) is 23.9 Å². The normalized spacial score (nSPS) is 29.8. The first-order chi connectivity index (χ1) is 5.47. The summed E-state index contributed by atoms with van der Waals surface area (Å²) in [6, 6.07) is 0. The average Bonchev–Trinajstić information content (AvgIpc) is 2.28. The fourth-order valence-electron chi connectivity index (χ4n) is 1.90. The molecule has 1 nitrogen and oxygen atoms in total. The van der Waals surface area contributed by atoms with Gasteiger partial charge in [-0.05, 0) is 25.3 Å². The van der Waals surface area contributed by atoms with Gasteiger partial charge in [-0.1, -0.05) is 18.6 Å². The molecule has 0 amide bonds. The minimum Gasteiger partial charge on any atom is -0.388 e. The molecule has 60 valence electrons. The molecule has 0 bridgehead atoms. The van der Waals surface area contributed by atoms with E-state index in [9.17, 15) is 0 Å². The summed E-state index contributed by atoms with van der Waals surface area (Å²) in [6.45, 7) is 1.18. The van der Waals surface area contributed by atoms with Crippen LogP contribution in [-0.4, -0.2) is 6.54 Å². The maximum atomic E-state index is 3.49. The van der Waals surface area contributed by atoms with E-state index in [4.69, 9.17) is 0 Å². The quantitative estimate of drug-likeness (QED) is 0.557. The van der Waals surface area contributed by atoms with Crippen LogP contribution in [0.4, 0.5) is 0 Å². The second kappa shape index (κ2) is 3.12. The lowest BCUT2D eigenvalue weighted by atomic mass is 9.93. The summed E-state index contributed by atoms with van der Waals surface area (Å²) >= 11 is 0. The van der Waals surface area contributed by atoms with E-state index in [-0.39, 0.29) is 0 Å². The Morgan fingerprint density at radius 3 is 3.36 bits per heavy atom. The molecule has 1 aliphatic carbocycles. The van der Waals surface area contributed by atoms with E-state index >= 15 is 0 Å². The first kappa shape index (κ1) is 6.96. The summed E-state index contributed by atoms with van der Waals surface area (Å²) in [5.41, 5.74) is 1.48. The number of hydrogen-bond donors (Lipinski definition) is 1. The predicted molar refractivity (Wildman–Crippen MR) is 47.2 cm³/mol. The molecule has 1 heteroatoms. The van der Waals surface area contributed by atoms with Crippen LogP contribution in [0.15, 0.2) is 23.9 Å². The Bertz CT molecular complexity index is 191. The van der Waals surface area contributed by atoms with Crippen LogP contribution in [0.25, 0.3) is 0 Å². The van der Waals surface area contributed by atoms with Crippen LogP contribution in [-0.2, 0) is 0 Å². The molecule has 1 N–H and O–H groups in total. The van der Waals surface area contributed by atoms with Crippen molar-refractivity contribution in [2.24, 2.45) is 5.92 Å². The third-order valence-corrected chi connectivity index (χ3v) is 2.58. The molecule has 0 aromatic carbocycles. The van der Waals surface area contributed by atoms with Gasteiger partial charge in [0.1, 0.15) is 0 Å². The van der Waals surface area contributed by atoms with Crippen LogP contribution in [0.5, 0.6) is 0 Å². The Morgan fingerprint density at radius 2 is 2.36 bits per heavy atom. The third-order valence-electron chi connectivity index (χ3n) is 2.58. The highest BCUT2D eigenvalue weighted by molar-refractivity contribution is 5.20. The Labute approximate surface area is 68.2 Å². The molecule has 2 rings (SSSR count). The van der Waals surface area contributed by atoms with Gasteiger partial charge < -0.3 is 5.32 Å². The average molecular weight is 149 g/mol. The van der Waals surface area contributed by atoms with E-state index in [0.29, 0.717) is 0 Å². The summed E-state index contributed by atoms with van der Waals surface area (Å²) in [6.07, 6.45) is 12.0. The molecule has 0 radical (unpaired) electrons. The van der Waals surface area contributed by atoms with Gasteiger partial charge in [0.2, 0.25) is 0 Å². The second-order valence-corrected chi connectivity index (χ2v) is 3.41. The number of fused-ring (bicyclic) bond motifs is 1. The number of allylic oxidation sites excluding steroid dienone is 4. The van der Waals surface area contributed by atoms with E-state index in [1.54, 1.807) is 0 Å². The van der Waals surface area contributed by atoms with E-state index in [0.717, 1.165) is 5.92 Å². The van der Waals surface area contributed by atoms with Gasteiger partial charge in [-0.15, -0.1) is 0 Å². The topological polar surface area (TPSA) is 12.0 Å². The van der Waals surface area contributed by atoms with Gasteiger partial charge in [-0.2, -0.15) is 0 Å². The van der Waals surface area contributed by atoms with E-state index in [2.05, 4.69) is 23.5 Å². The minimum absolute atomic E-state index is 0.808. The van der Waals surface area contributed by atoms with Gasteiger partial charge >= 0.3 is 0 Å². The molecular weight excluding hydrogens is 134 g/mol. The van der Waals surface area contributed by atoms with Gasteiger partial charge in [0.05, 0.1) is 0 Å². The minimum atomic E-state index is 0.808. The van der Waals surface area contributed by atoms with Crippen molar-refractivity contribution < 1.29 is 0 Å². The van der Waals surface area contributed by atoms with E-state index in [1.807, 2.05) is 0 Å². The van der Waals surface area contributed by atoms with Gasteiger partial charge in [0, 0.05) is 18.2 Å². The number of nitrogens with one attached hydrogen (secondary N) is 1. The first-order valence-corrected chi connectivity index (χ1v) is 4.57. The van der Waals surface area contributed by atoms with Crippen LogP contribution in [0, 0.1) is 5.92 Å². The fourth-order valence-corrected chi connectivity index (χ4v) is 1.90. The maximum absolute atomic E-state index is 3.49. The summed E-state index contributed by atoms with van der Waals surface area (Å²) < 4.78 is 0. The van der Waals surface area contributed by atoms with Crippen molar-refractivity contribution in [2.45, 2.75) is 25.7 Å². The van der Waals surface area contributed by atoms with E-state index in [1.165, 1.54) is 37.9 Å². The zero-order valence-electron chi connectivity index (χ0n) is 6.84. The van der Waals surface area contributed by atoms with Crippen LogP contribution < -0.4 is 5.32 Å². The van der Waals surface area contributed by atoms with Crippen molar-refractivity contribution in [3.63, 3.8) is 0 Å². The molecule has 1 unspecified atom stereocenters. The maximum Gasteiger partial charge on any atom is 0.0144 e. The molecule has 2 aliphatic rings. The molecule has 1 fully saturated rings. The van der Waals surface area contributed by atoms with Crippen molar-refractivity contribution in [1.29, 1.82) is 0 Å². The van der Waals surface area contributed by atoms with Gasteiger partial charge in [0.15, 0.2) is 0 Å². The Balaban J connectivity index is 2.11. The number of hydrogen-bond acceptors (Lipinski definition) is 1. The molecular formula is C10H15N. The summed E-state index contributed by atoms with van der Waals surface area (Å²) in [5.74, 6) is 0.808. The van der Waals surface area contributed by atoms with Crippen molar-refractivity contribution in [2.75, 3.05) is 6.54 Å². The SMILES string of the molecule is C1=CCC2CCCCNC2=C1. The highest BCUT2D eigenvalue weighted by Gasteiger charge is 2.16. The highest BCUT2D eigenvalue weighted by atomic mass is 14.9. The standard InChI is InChI=1S/C10H15N/c1-2-7-10-9(5-1)6-3-4-8-11-10/h1-2,7,9,11H,3-6,8H2. The summed E-state index contributed by atoms with van der Waals surface area (Å²) in [7, 11) is 0. The molecule has 1 saturated heterocycles. The van der Waals surface area contributed by atoms with Crippen molar-refractivity contribution in [1.82, 2.24) is 5.32 Å². The molecule has 0 aromatic rings. The lowest BCUT2D eigenvalue weighted by molar-refractivity contribution is 0.545. The second-order valence-electron chi connectivity index (χ2n) is 3.41. The predicted octanol–water partition coefficient (Wildman–Crippen LogP) is 2.22. The van der Waals surface area contributed by atoms with Crippen LogP contribution in [0.1, 0.15) is 25.7 Å². The van der Waals surface area contributed by atoms with Gasteiger partial charge in [-0.25, -0.2) is 0 Å². The lowest BCUT2D eigenvalue weighted by Crippen LogP contribution is -2.18. The van der Waals surface area contributed by atoms with Crippen LogP contribution in [0.3, 0.4) is 0 Å². The third kappa shape index (κ3) is 1.47. The Hall–Kier alpha value is -0.720. The summed E-state index contributed by atoms with van der Waals surface area (Å²) in [4.78, 5) is 0. The molecule has 1 atom stereocenters. The Morgan fingerprint density at radius 1 is 1.36 bits per heavy atom. The number of rotatable bonds is 0. The monoisotopic (exact) mass is 149 g/mol. The fraction of sp³-hybridized carbons (Fsp3) is 0.600. The first-order valence-electron chi connectivity index (χ1n) is 4.57. The molecule has 11 heavy (non-hydrogen) atoms.